The van der Waals surface area contributed by atoms with Gasteiger partial charge in [-0.3, -0.25) is 0 Å². The summed E-state index contributed by atoms with van der Waals surface area (Å²) in [5.74, 6) is 0.871. The van der Waals surface area contributed by atoms with Gasteiger partial charge in [0, 0.05) is 19.2 Å². The monoisotopic (exact) mass is 361 g/mol. The highest BCUT2D eigenvalue weighted by Crippen LogP contribution is 2.27. The molecule has 0 saturated heterocycles. The predicted molar refractivity (Wildman–Crippen MR) is 111 cm³/mol. The number of benzene rings is 3. The fourth-order valence-electron chi connectivity index (χ4n) is 3.47. The van der Waals surface area contributed by atoms with E-state index < -0.39 is 0 Å². The number of hydrogen-bond donors (Lipinski definition) is 1. The molecule has 0 radical (unpaired) electrons. The van der Waals surface area contributed by atoms with E-state index in [-0.39, 0.29) is 6.79 Å². The highest BCUT2D eigenvalue weighted by Gasteiger charge is 2.10. The van der Waals surface area contributed by atoms with E-state index in [0.29, 0.717) is 0 Å². The average molecular weight is 361 g/mol. The first-order chi connectivity index (χ1) is 13.1. The zero-order valence-electron chi connectivity index (χ0n) is 16.3. The summed E-state index contributed by atoms with van der Waals surface area (Å²) in [7, 11) is 1.64. The zero-order valence-corrected chi connectivity index (χ0v) is 16.3. The number of rotatable bonds is 7. The normalized spacial score (nSPS) is 10.8. The minimum absolute atomic E-state index is 0.247. The van der Waals surface area contributed by atoms with Crippen molar-refractivity contribution in [2.24, 2.45) is 0 Å². The molecule has 0 atom stereocenters. The maximum Gasteiger partial charge on any atom is 0.188 e. The molecule has 0 aliphatic heterocycles. The van der Waals surface area contributed by atoms with E-state index in [1.165, 1.54) is 33.4 Å². The van der Waals surface area contributed by atoms with E-state index in [4.69, 9.17) is 15.2 Å². The molecule has 0 fully saturated rings. The molecule has 0 bridgehead atoms. The van der Waals surface area contributed by atoms with Crippen LogP contribution in [-0.4, -0.2) is 13.9 Å². The molecule has 0 amide bonds. The van der Waals surface area contributed by atoms with Crippen LogP contribution in [0, 0.1) is 13.8 Å². The molecule has 3 aromatic carbocycles. The first kappa shape index (κ1) is 19.0. The smallest absolute Gasteiger partial charge is 0.188 e. The van der Waals surface area contributed by atoms with Gasteiger partial charge in [0.15, 0.2) is 6.79 Å². The molecule has 2 N–H and O–H groups in total. The molecule has 0 aliphatic carbocycles. The van der Waals surface area contributed by atoms with E-state index in [1.54, 1.807) is 7.11 Å². The first-order valence-corrected chi connectivity index (χ1v) is 9.20. The van der Waals surface area contributed by atoms with Gasteiger partial charge in [-0.15, -0.1) is 0 Å². The van der Waals surface area contributed by atoms with Crippen LogP contribution in [0.2, 0.25) is 0 Å². The summed E-state index contributed by atoms with van der Waals surface area (Å²) < 4.78 is 10.9. The average Bonchev–Trinajstić information content (AvgIpc) is 2.65. The van der Waals surface area contributed by atoms with Gasteiger partial charge in [0.25, 0.3) is 0 Å². The Hall–Kier alpha value is -2.78. The van der Waals surface area contributed by atoms with Crippen LogP contribution in [0.15, 0.2) is 60.7 Å². The summed E-state index contributed by atoms with van der Waals surface area (Å²) in [4.78, 5) is 0. The SMILES string of the molecule is COCOc1ccc(Cc2c(C)cc(N)cc2C)cc1Cc1ccccc1. The number of ether oxygens (including phenoxy) is 2. The van der Waals surface area contributed by atoms with Crippen molar-refractivity contribution in [2.75, 3.05) is 19.6 Å². The van der Waals surface area contributed by atoms with Crippen molar-refractivity contribution in [1.29, 1.82) is 0 Å². The van der Waals surface area contributed by atoms with Gasteiger partial charge >= 0.3 is 0 Å². The highest BCUT2D eigenvalue weighted by atomic mass is 16.7. The Labute approximate surface area is 161 Å². The summed E-state index contributed by atoms with van der Waals surface area (Å²) in [5, 5.41) is 0. The quantitative estimate of drug-likeness (QED) is 0.473. The molecule has 0 unspecified atom stereocenters. The number of anilines is 1. The lowest BCUT2D eigenvalue weighted by Gasteiger charge is -2.15. The molecular weight excluding hydrogens is 334 g/mol. The molecule has 3 nitrogen and oxygen atoms in total. The van der Waals surface area contributed by atoms with Crippen LogP contribution in [0.1, 0.15) is 33.4 Å². The van der Waals surface area contributed by atoms with Crippen LogP contribution in [0.4, 0.5) is 5.69 Å². The lowest BCUT2D eigenvalue weighted by atomic mass is 9.93. The minimum Gasteiger partial charge on any atom is -0.467 e. The van der Waals surface area contributed by atoms with Crippen molar-refractivity contribution in [3.8, 4) is 5.75 Å². The third kappa shape index (κ3) is 4.89. The molecule has 3 heteroatoms. The topological polar surface area (TPSA) is 44.5 Å². The second kappa shape index (κ2) is 8.74. The van der Waals surface area contributed by atoms with Gasteiger partial charge in [-0.2, -0.15) is 0 Å². The molecule has 0 heterocycles. The van der Waals surface area contributed by atoms with Crippen molar-refractivity contribution < 1.29 is 9.47 Å². The van der Waals surface area contributed by atoms with Crippen LogP contribution in [-0.2, 0) is 17.6 Å². The number of nitrogen functional groups attached to an aromatic ring is 1. The molecule has 140 valence electrons. The van der Waals surface area contributed by atoms with Gasteiger partial charge in [0.2, 0.25) is 0 Å². The van der Waals surface area contributed by atoms with Crippen molar-refractivity contribution in [2.45, 2.75) is 26.7 Å². The molecule has 0 spiro atoms. The number of hydrogen-bond acceptors (Lipinski definition) is 3. The van der Waals surface area contributed by atoms with Gasteiger partial charge in [-0.1, -0.05) is 42.5 Å². The number of nitrogens with two attached hydrogens (primary N) is 1. The van der Waals surface area contributed by atoms with Gasteiger partial charge in [0.1, 0.15) is 5.75 Å². The Kier molecular flexibility index (Phi) is 6.15. The summed E-state index contributed by atoms with van der Waals surface area (Å²) in [5.41, 5.74) is 14.3. The molecule has 3 aromatic rings. The summed E-state index contributed by atoms with van der Waals surface area (Å²) >= 11 is 0. The van der Waals surface area contributed by atoms with Gasteiger partial charge in [0.05, 0.1) is 0 Å². The molecular formula is C24H27NO2. The lowest BCUT2D eigenvalue weighted by molar-refractivity contribution is 0.0505. The van der Waals surface area contributed by atoms with Crippen LogP contribution in [0.3, 0.4) is 0 Å². The Morgan fingerprint density at radius 1 is 0.815 bits per heavy atom. The van der Waals surface area contributed by atoms with E-state index in [1.807, 2.05) is 18.2 Å². The third-order valence-electron chi connectivity index (χ3n) is 4.79. The standard InChI is InChI=1S/C24H27NO2/c1-17-11-22(25)12-18(2)23(17)15-20-9-10-24(27-16-26-3)21(14-20)13-19-7-5-4-6-8-19/h4-12,14H,13,15-16,25H2,1-3H3. The fraction of sp³-hybridized carbons (Fsp3) is 0.250. The van der Waals surface area contributed by atoms with Crippen LogP contribution < -0.4 is 10.5 Å². The fourth-order valence-corrected chi connectivity index (χ4v) is 3.47. The van der Waals surface area contributed by atoms with E-state index >= 15 is 0 Å². The van der Waals surface area contributed by atoms with Crippen molar-refractivity contribution in [3.63, 3.8) is 0 Å². The van der Waals surface area contributed by atoms with Crippen LogP contribution in [0.25, 0.3) is 0 Å². The number of methoxy groups -OCH3 is 1. The van der Waals surface area contributed by atoms with Gasteiger partial charge < -0.3 is 15.2 Å². The van der Waals surface area contributed by atoms with Crippen LogP contribution in [0.5, 0.6) is 5.75 Å². The second-order valence-corrected chi connectivity index (χ2v) is 6.97. The molecule has 3 rings (SSSR count). The largest absolute Gasteiger partial charge is 0.467 e. The van der Waals surface area contributed by atoms with E-state index in [2.05, 4.69) is 56.3 Å². The van der Waals surface area contributed by atoms with E-state index in [9.17, 15) is 0 Å². The highest BCUT2D eigenvalue weighted by molar-refractivity contribution is 5.51. The van der Waals surface area contributed by atoms with Gasteiger partial charge in [-0.25, -0.2) is 0 Å². The van der Waals surface area contributed by atoms with E-state index in [0.717, 1.165) is 24.3 Å². The zero-order chi connectivity index (χ0) is 19.2. The Morgan fingerprint density at radius 3 is 2.19 bits per heavy atom. The summed E-state index contributed by atoms with van der Waals surface area (Å²) in [6.45, 7) is 4.50. The summed E-state index contributed by atoms with van der Waals surface area (Å²) in [6, 6.07) is 21.0. The molecule has 0 saturated carbocycles. The van der Waals surface area contributed by atoms with Crippen LogP contribution >= 0.6 is 0 Å². The molecule has 0 aliphatic rings. The second-order valence-electron chi connectivity index (χ2n) is 6.97. The van der Waals surface area contributed by atoms with Crippen molar-refractivity contribution in [1.82, 2.24) is 0 Å². The minimum atomic E-state index is 0.247. The Bertz CT molecular complexity index is 881. The lowest BCUT2D eigenvalue weighted by Crippen LogP contribution is -2.04. The van der Waals surface area contributed by atoms with Crippen molar-refractivity contribution in [3.05, 3.63) is 94.0 Å². The molecule has 27 heavy (non-hydrogen) atoms. The Morgan fingerprint density at radius 2 is 1.52 bits per heavy atom. The summed E-state index contributed by atoms with van der Waals surface area (Å²) in [6.07, 6.45) is 1.71. The van der Waals surface area contributed by atoms with Gasteiger partial charge in [-0.05, 0) is 71.8 Å². The molecule has 0 aromatic heterocycles. The first-order valence-electron chi connectivity index (χ1n) is 9.20. The predicted octanol–water partition coefficient (Wildman–Crippen LogP) is 5.05. The third-order valence-corrected chi connectivity index (χ3v) is 4.79. The maximum absolute atomic E-state index is 5.97. The maximum atomic E-state index is 5.97. The Balaban J connectivity index is 1.91. The van der Waals surface area contributed by atoms with Crippen molar-refractivity contribution >= 4 is 5.69 Å². The number of aryl methyl sites for hydroxylation is 2.